The molecule has 6 aromatic rings. The van der Waals surface area contributed by atoms with Gasteiger partial charge in [0.05, 0.1) is 13.2 Å². The number of esters is 2. The van der Waals surface area contributed by atoms with Gasteiger partial charge in [-0.25, -0.2) is 19.2 Å². The Hall–Kier alpha value is -6.72. The second-order valence-corrected chi connectivity index (χ2v) is 17.8. The molecule has 0 bridgehead atoms. The number of benzene rings is 4. The Labute approximate surface area is 406 Å². The summed E-state index contributed by atoms with van der Waals surface area (Å²) in [6.07, 6.45) is 2.42. The Balaban J connectivity index is 0.000000193. The molecule has 0 amide bonds. The second kappa shape index (κ2) is 23.7. The molecule has 70 heavy (non-hydrogen) atoms. The number of ether oxygens (including phenoxy) is 2. The molecule has 2 aliphatic heterocycles. The standard InChI is InChI=1S/2C25H29NO4.C4H6O6/c2*1-4-29-25(28)23-22-19(15-26-16(2)9-8-10-17(26)3)20(27)13-14-21(22)30-24(23)18-11-6-5-7-12-18;5-1(3(7)8)2(6)4(9)10/h2*5-7,11-14,16-17,27H,4,8-10,15H2,1-3H3;1-2,5-6H,(H,7,8)(H,9,10)/t2*16-,17+;. The zero-order chi connectivity index (χ0) is 50.8. The minimum Gasteiger partial charge on any atom is -0.508 e. The number of carboxylic acids is 2. The van der Waals surface area contributed by atoms with Gasteiger partial charge < -0.3 is 48.9 Å². The van der Waals surface area contributed by atoms with Crippen LogP contribution in [0.4, 0.5) is 0 Å². The topological polar surface area (TPSA) is 241 Å². The first kappa shape index (κ1) is 52.6. The molecule has 2 saturated heterocycles. The predicted molar refractivity (Wildman–Crippen MR) is 262 cm³/mol. The largest absolute Gasteiger partial charge is 0.508 e. The number of hydrogen-bond acceptors (Lipinski definition) is 14. The Morgan fingerprint density at radius 1 is 0.557 bits per heavy atom. The number of likely N-dealkylation sites (tertiary alicyclic amines) is 2. The van der Waals surface area contributed by atoms with Gasteiger partial charge in [0.1, 0.15) is 45.3 Å². The second-order valence-electron chi connectivity index (χ2n) is 17.8. The van der Waals surface area contributed by atoms with E-state index in [-0.39, 0.29) is 24.7 Å². The van der Waals surface area contributed by atoms with Gasteiger partial charge in [-0.15, -0.1) is 0 Å². The number of nitrogens with zero attached hydrogens (tertiary/aromatic N) is 2. The fourth-order valence-corrected chi connectivity index (χ4v) is 9.41. The van der Waals surface area contributed by atoms with E-state index in [1.54, 1.807) is 38.1 Å². The number of phenolic OH excluding ortho intramolecular Hbond substituents is 2. The molecule has 4 aromatic carbocycles. The number of phenols is 2. The lowest BCUT2D eigenvalue weighted by atomic mass is 9.95. The molecule has 16 heteroatoms. The lowest BCUT2D eigenvalue weighted by Gasteiger charge is -2.39. The van der Waals surface area contributed by atoms with Gasteiger partial charge in [-0.3, -0.25) is 9.80 Å². The van der Waals surface area contributed by atoms with Gasteiger partial charge in [0.25, 0.3) is 0 Å². The Morgan fingerprint density at radius 3 is 1.19 bits per heavy atom. The number of carboxylic acid groups (broad SMARTS) is 2. The summed E-state index contributed by atoms with van der Waals surface area (Å²) in [6, 6.07) is 27.5. The molecule has 4 heterocycles. The van der Waals surface area contributed by atoms with Crippen molar-refractivity contribution in [3.63, 3.8) is 0 Å². The van der Waals surface area contributed by atoms with Crippen LogP contribution in [0.1, 0.15) is 112 Å². The van der Waals surface area contributed by atoms with E-state index in [1.165, 1.54) is 12.8 Å². The van der Waals surface area contributed by atoms with E-state index >= 15 is 0 Å². The molecule has 6 N–H and O–H groups in total. The third-order valence-corrected chi connectivity index (χ3v) is 13.1. The highest BCUT2D eigenvalue weighted by atomic mass is 16.5. The normalized spacial score (nSPS) is 19.3. The number of furan rings is 2. The first-order valence-electron chi connectivity index (χ1n) is 23.8. The van der Waals surface area contributed by atoms with Crippen LogP contribution in [-0.2, 0) is 32.2 Å². The number of aliphatic hydroxyl groups excluding tert-OH is 2. The Morgan fingerprint density at radius 2 is 0.886 bits per heavy atom. The van der Waals surface area contributed by atoms with Gasteiger partial charge in [0.15, 0.2) is 12.2 Å². The van der Waals surface area contributed by atoms with Crippen molar-refractivity contribution < 1.29 is 68.1 Å². The third-order valence-electron chi connectivity index (χ3n) is 13.1. The minimum atomic E-state index is -2.27. The number of carbonyl (C=O) groups is 4. The van der Waals surface area contributed by atoms with Crippen molar-refractivity contribution in [1.29, 1.82) is 0 Å². The summed E-state index contributed by atoms with van der Waals surface area (Å²) in [5.41, 5.74) is 5.01. The number of piperidine rings is 2. The van der Waals surface area contributed by atoms with Crippen molar-refractivity contribution in [3.8, 4) is 34.1 Å². The molecule has 0 spiro atoms. The first-order chi connectivity index (χ1) is 33.5. The van der Waals surface area contributed by atoms with E-state index in [2.05, 4.69) is 37.5 Å². The average Bonchev–Trinajstić information content (AvgIpc) is 3.93. The highest BCUT2D eigenvalue weighted by Gasteiger charge is 2.33. The number of aromatic hydroxyl groups is 2. The van der Waals surface area contributed by atoms with Crippen molar-refractivity contribution in [2.75, 3.05) is 13.2 Å². The summed E-state index contributed by atoms with van der Waals surface area (Å²) in [4.78, 5) is 50.4. The van der Waals surface area contributed by atoms with E-state index in [9.17, 15) is 29.4 Å². The molecular formula is C54H64N2O14. The zero-order valence-corrected chi connectivity index (χ0v) is 40.5. The fraction of sp³-hybridized carbons (Fsp3) is 0.407. The van der Waals surface area contributed by atoms with Crippen LogP contribution in [0.5, 0.6) is 11.5 Å². The van der Waals surface area contributed by atoms with Gasteiger partial charge in [-0.2, -0.15) is 0 Å². The molecule has 2 aromatic heterocycles. The fourth-order valence-electron chi connectivity index (χ4n) is 9.41. The van der Waals surface area contributed by atoms with Gasteiger partial charge in [-0.05, 0) is 91.5 Å². The van der Waals surface area contributed by atoms with Crippen LogP contribution in [0.15, 0.2) is 93.8 Å². The summed E-state index contributed by atoms with van der Waals surface area (Å²) in [6.45, 7) is 14.1. The molecule has 2 aliphatic rings. The van der Waals surface area contributed by atoms with Crippen molar-refractivity contribution in [3.05, 3.63) is 107 Å². The van der Waals surface area contributed by atoms with Crippen LogP contribution in [0.3, 0.4) is 0 Å². The predicted octanol–water partition coefficient (Wildman–Crippen LogP) is 9.37. The van der Waals surface area contributed by atoms with Gasteiger partial charge in [0.2, 0.25) is 0 Å². The molecule has 8 rings (SSSR count). The molecule has 374 valence electrons. The van der Waals surface area contributed by atoms with E-state index in [0.717, 1.165) is 47.9 Å². The maximum absolute atomic E-state index is 13.0. The lowest BCUT2D eigenvalue weighted by Crippen LogP contribution is -2.43. The van der Waals surface area contributed by atoms with Crippen LogP contribution in [0.25, 0.3) is 44.6 Å². The van der Waals surface area contributed by atoms with Crippen molar-refractivity contribution >= 4 is 45.8 Å². The molecule has 2 unspecified atom stereocenters. The molecule has 16 nitrogen and oxygen atoms in total. The van der Waals surface area contributed by atoms with Crippen molar-refractivity contribution in [2.24, 2.45) is 0 Å². The minimum absolute atomic E-state index is 0.179. The number of carbonyl (C=O) groups excluding carboxylic acids is 2. The van der Waals surface area contributed by atoms with E-state index in [0.29, 0.717) is 81.8 Å². The SMILES string of the molecule is CCOC(=O)c1c(-c2ccccc2)oc2ccc(O)c(CN3[C@H](C)CCC[C@@H]3C)c12.CCOC(=O)c1c(-c2ccccc2)oc2ccc(O)c(CN3[C@H](C)CCC[C@@H]3C)c12.O=C(O)C(O)C(O)C(=O)O. The quantitative estimate of drug-likeness (QED) is 0.0591. The molecule has 2 fully saturated rings. The Kier molecular flexibility index (Phi) is 17.8. The van der Waals surface area contributed by atoms with Crippen molar-refractivity contribution in [2.45, 2.75) is 130 Å². The smallest absolute Gasteiger partial charge is 0.342 e. The Bertz CT molecular complexity index is 2540. The van der Waals surface area contributed by atoms with Gasteiger partial charge in [-0.1, -0.05) is 73.5 Å². The summed E-state index contributed by atoms with van der Waals surface area (Å²) in [7, 11) is 0. The number of fused-ring (bicyclic) bond motifs is 2. The monoisotopic (exact) mass is 964 g/mol. The van der Waals surface area contributed by atoms with Gasteiger partial charge in [0, 0.05) is 70.3 Å². The number of aliphatic carboxylic acids is 2. The van der Waals surface area contributed by atoms with E-state index in [1.807, 2.05) is 60.7 Å². The van der Waals surface area contributed by atoms with E-state index < -0.39 is 36.1 Å². The maximum atomic E-state index is 13.0. The highest BCUT2D eigenvalue weighted by Crippen LogP contribution is 2.42. The summed E-state index contributed by atoms with van der Waals surface area (Å²) >= 11 is 0. The molecule has 6 atom stereocenters. The number of aliphatic hydroxyl groups is 2. The molecular weight excluding hydrogens is 901 g/mol. The maximum Gasteiger partial charge on any atom is 0.342 e. The summed E-state index contributed by atoms with van der Waals surface area (Å²) in [5.74, 6) is -3.07. The molecule has 0 saturated carbocycles. The summed E-state index contributed by atoms with van der Waals surface area (Å²) in [5, 5.41) is 55.4. The summed E-state index contributed by atoms with van der Waals surface area (Å²) < 4.78 is 23.1. The molecule has 0 radical (unpaired) electrons. The van der Waals surface area contributed by atoms with Crippen molar-refractivity contribution in [1.82, 2.24) is 9.80 Å². The lowest BCUT2D eigenvalue weighted by molar-refractivity contribution is -0.165. The highest BCUT2D eigenvalue weighted by molar-refractivity contribution is 6.11. The first-order valence-corrected chi connectivity index (χ1v) is 23.8. The van der Waals surface area contributed by atoms with Crippen LogP contribution < -0.4 is 0 Å². The van der Waals surface area contributed by atoms with Crippen LogP contribution in [0.2, 0.25) is 0 Å². The average molecular weight is 965 g/mol. The number of hydrogen-bond donors (Lipinski definition) is 6. The van der Waals surface area contributed by atoms with Gasteiger partial charge >= 0.3 is 23.9 Å². The third kappa shape index (κ3) is 11.8. The number of rotatable bonds is 13. The molecule has 0 aliphatic carbocycles. The van der Waals surface area contributed by atoms with Crippen LogP contribution >= 0.6 is 0 Å². The van der Waals surface area contributed by atoms with Crippen LogP contribution in [0, 0.1) is 0 Å². The van der Waals surface area contributed by atoms with E-state index in [4.69, 9.17) is 38.7 Å². The zero-order valence-electron chi connectivity index (χ0n) is 40.5. The van der Waals surface area contributed by atoms with Crippen LogP contribution in [-0.4, -0.2) is 114 Å².